The molecule has 0 amide bonds. The maximum atomic E-state index is 5.34. The van der Waals surface area contributed by atoms with Gasteiger partial charge in [-0.15, -0.1) is 0 Å². The monoisotopic (exact) mass is 211 g/mol. The maximum absolute atomic E-state index is 5.34. The highest BCUT2D eigenvalue weighted by atomic mass is 16.6. The van der Waals surface area contributed by atoms with Gasteiger partial charge in [0.15, 0.2) is 0 Å². The molecule has 0 aliphatic carbocycles. The Labute approximate surface area is 89.9 Å². The second-order valence-corrected chi connectivity index (χ2v) is 3.34. The number of rotatable bonds is 4. The summed E-state index contributed by atoms with van der Waals surface area (Å²) in [5.74, 6) is 6.67. The Kier molecular flexibility index (Phi) is 3.94. The normalized spacial score (nSPS) is 10.2. The number of ether oxygens (including phenoxy) is 2. The quantitative estimate of drug-likeness (QED) is 0.770. The van der Waals surface area contributed by atoms with E-state index >= 15 is 0 Å². The van der Waals surface area contributed by atoms with Crippen LogP contribution in [0.2, 0.25) is 0 Å². The van der Waals surface area contributed by atoms with Crippen LogP contribution in [0.15, 0.2) is 6.07 Å². The minimum atomic E-state index is 0.333. The summed E-state index contributed by atoms with van der Waals surface area (Å²) in [7, 11) is 3.27. The molecule has 1 rings (SSSR count). The van der Waals surface area contributed by atoms with E-state index in [2.05, 4.69) is 4.84 Å². The van der Waals surface area contributed by atoms with Crippen LogP contribution in [0, 0.1) is 13.8 Å². The van der Waals surface area contributed by atoms with Crippen molar-refractivity contribution in [2.24, 2.45) is 5.90 Å². The fourth-order valence-electron chi connectivity index (χ4n) is 1.66. The van der Waals surface area contributed by atoms with Crippen LogP contribution in [0.4, 0.5) is 0 Å². The third-order valence-corrected chi connectivity index (χ3v) is 2.46. The average Bonchev–Trinajstić information content (AvgIpc) is 2.23. The molecule has 0 atom stereocenters. The van der Waals surface area contributed by atoms with Gasteiger partial charge < -0.3 is 9.47 Å². The second kappa shape index (κ2) is 5.00. The van der Waals surface area contributed by atoms with Crippen LogP contribution in [0.3, 0.4) is 0 Å². The predicted molar refractivity (Wildman–Crippen MR) is 58.0 cm³/mol. The Morgan fingerprint density at radius 1 is 1.20 bits per heavy atom. The lowest BCUT2D eigenvalue weighted by molar-refractivity contribution is 0.121. The van der Waals surface area contributed by atoms with Crippen molar-refractivity contribution in [1.29, 1.82) is 0 Å². The molecule has 1 aromatic rings. The molecule has 0 heterocycles. The first-order valence-corrected chi connectivity index (χ1v) is 4.68. The van der Waals surface area contributed by atoms with Crippen LogP contribution in [0.25, 0.3) is 0 Å². The van der Waals surface area contributed by atoms with Crippen molar-refractivity contribution in [2.45, 2.75) is 20.5 Å². The first kappa shape index (κ1) is 11.8. The molecule has 84 valence electrons. The highest BCUT2D eigenvalue weighted by Crippen LogP contribution is 2.34. The van der Waals surface area contributed by atoms with Gasteiger partial charge in [-0.3, -0.25) is 4.84 Å². The standard InChI is InChI=1S/C11H17NO3/c1-7-5-10(13-3)8(2)11(14-4)9(7)6-15-12/h5H,6,12H2,1-4H3. The first-order chi connectivity index (χ1) is 7.15. The molecule has 15 heavy (non-hydrogen) atoms. The molecule has 0 saturated carbocycles. The number of hydrogen-bond donors (Lipinski definition) is 1. The van der Waals surface area contributed by atoms with Crippen molar-refractivity contribution in [3.63, 3.8) is 0 Å². The van der Waals surface area contributed by atoms with Gasteiger partial charge in [-0.1, -0.05) is 0 Å². The van der Waals surface area contributed by atoms with Gasteiger partial charge in [0.2, 0.25) is 0 Å². The zero-order valence-corrected chi connectivity index (χ0v) is 9.59. The van der Waals surface area contributed by atoms with E-state index in [1.807, 2.05) is 19.9 Å². The lowest BCUT2D eigenvalue weighted by Crippen LogP contribution is -2.05. The van der Waals surface area contributed by atoms with Gasteiger partial charge in [-0.05, 0) is 25.5 Å². The molecule has 1 aromatic carbocycles. The molecule has 0 aromatic heterocycles. The second-order valence-electron chi connectivity index (χ2n) is 3.34. The van der Waals surface area contributed by atoms with E-state index in [4.69, 9.17) is 15.4 Å². The fraction of sp³-hybridized carbons (Fsp3) is 0.455. The average molecular weight is 211 g/mol. The van der Waals surface area contributed by atoms with Crippen molar-refractivity contribution in [2.75, 3.05) is 14.2 Å². The van der Waals surface area contributed by atoms with Crippen LogP contribution >= 0.6 is 0 Å². The Morgan fingerprint density at radius 3 is 2.33 bits per heavy atom. The van der Waals surface area contributed by atoms with Gasteiger partial charge in [-0.25, -0.2) is 5.90 Å². The molecule has 0 unspecified atom stereocenters. The molecule has 2 N–H and O–H groups in total. The van der Waals surface area contributed by atoms with Crippen LogP contribution in [-0.2, 0) is 11.4 Å². The number of benzene rings is 1. The van der Waals surface area contributed by atoms with Gasteiger partial charge in [0.25, 0.3) is 0 Å². The minimum Gasteiger partial charge on any atom is -0.496 e. The summed E-state index contributed by atoms with van der Waals surface area (Å²) in [6.07, 6.45) is 0. The van der Waals surface area contributed by atoms with Crippen molar-refractivity contribution in [3.05, 3.63) is 22.8 Å². The van der Waals surface area contributed by atoms with Crippen LogP contribution in [0.5, 0.6) is 11.5 Å². The fourth-order valence-corrected chi connectivity index (χ4v) is 1.66. The first-order valence-electron chi connectivity index (χ1n) is 4.68. The lowest BCUT2D eigenvalue weighted by Gasteiger charge is -2.16. The largest absolute Gasteiger partial charge is 0.496 e. The summed E-state index contributed by atoms with van der Waals surface area (Å²) in [6.45, 7) is 4.25. The Hall–Kier alpha value is -1.26. The van der Waals surface area contributed by atoms with Crippen molar-refractivity contribution < 1.29 is 14.3 Å². The van der Waals surface area contributed by atoms with Gasteiger partial charge in [0.05, 0.1) is 20.8 Å². The molecule has 4 heteroatoms. The van der Waals surface area contributed by atoms with Gasteiger partial charge in [0, 0.05) is 11.1 Å². The Balaban J connectivity index is 3.32. The number of aryl methyl sites for hydroxylation is 1. The molecule has 0 fully saturated rings. The summed E-state index contributed by atoms with van der Waals surface area (Å²) >= 11 is 0. The van der Waals surface area contributed by atoms with E-state index < -0.39 is 0 Å². The molecule has 0 aliphatic rings. The van der Waals surface area contributed by atoms with E-state index in [0.717, 1.165) is 28.2 Å². The SMILES string of the molecule is COc1cc(C)c(CON)c(OC)c1C. The third kappa shape index (κ3) is 2.22. The van der Waals surface area contributed by atoms with Gasteiger partial charge in [0.1, 0.15) is 11.5 Å². The van der Waals surface area contributed by atoms with E-state index in [9.17, 15) is 0 Å². The van der Waals surface area contributed by atoms with E-state index in [1.165, 1.54) is 0 Å². The van der Waals surface area contributed by atoms with Crippen LogP contribution in [-0.4, -0.2) is 14.2 Å². The Bertz CT molecular complexity index is 350. The summed E-state index contributed by atoms with van der Waals surface area (Å²) in [6, 6.07) is 1.95. The van der Waals surface area contributed by atoms with Crippen LogP contribution < -0.4 is 15.4 Å². The van der Waals surface area contributed by atoms with Crippen molar-refractivity contribution >= 4 is 0 Å². The molecule has 0 spiro atoms. The van der Waals surface area contributed by atoms with E-state index in [1.54, 1.807) is 14.2 Å². The molecular weight excluding hydrogens is 194 g/mol. The summed E-state index contributed by atoms with van der Waals surface area (Å²) in [5.41, 5.74) is 2.95. The highest BCUT2D eigenvalue weighted by molar-refractivity contribution is 5.53. The smallest absolute Gasteiger partial charge is 0.131 e. The summed E-state index contributed by atoms with van der Waals surface area (Å²) in [4.78, 5) is 4.66. The molecule has 0 saturated heterocycles. The van der Waals surface area contributed by atoms with Gasteiger partial charge in [-0.2, -0.15) is 0 Å². The lowest BCUT2D eigenvalue weighted by atomic mass is 10.0. The molecule has 0 aliphatic heterocycles. The van der Waals surface area contributed by atoms with E-state index in [-0.39, 0.29) is 0 Å². The zero-order chi connectivity index (χ0) is 11.4. The number of methoxy groups -OCH3 is 2. The molecule has 0 bridgehead atoms. The minimum absolute atomic E-state index is 0.333. The Morgan fingerprint density at radius 2 is 1.87 bits per heavy atom. The highest BCUT2D eigenvalue weighted by Gasteiger charge is 2.14. The summed E-state index contributed by atoms with van der Waals surface area (Å²) in [5, 5.41) is 0. The van der Waals surface area contributed by atoms with Gasteiger partial charge >= 0.3 is 0 Å². The molecule has 0 radical (unpaired) electrons. The molecular formula is C11H17NO3. The number of hydrogen-bond acceptors (Lipinski definition) is 4. The zero-order valence-electron chi connectivity index (χ0n) is 9.59. The molecule has 4 nitrogen and oxygen atoms in total. The summed E-state index contributed by atoms with van der Waals surface area (Å²) < 4.78 is 10.6. The number of nitrogens with two attached hydrogens (primary N) is 1. The van der Waals surface area contributed by atoms with E-state index in [0.29, 0.717) is 6.61 Å². The van der Waals surface area contributed by atoms with Crippen LogP contribution in [0.1, 0.15) is 16.7 Å². The van der Waals surface area contributed by atoms with Crippen molar-refractivity contribution in [1.82, 2.24) is 0 Å². The topological polar surface area (TPSA) is 53.7 Å². The van der Waals surface area contributed by atoms with Crippen molar-refractivity contribution in [3.8, 4) is 11.5 Å². The third-order valence-electron chi connectivity index (χ3n) is 2.46. The predicted octanol–water partition coefficient (Wildman–Crippen LogP) is 1.71. The maximum Gasteiger partial charge on any atom is 0.131 e.